The molecule has 0 unspecified atom stereocenters. The van der Waals surface area contributed by atoms with E-state index in [9.17, 15) is 12.8 Å². The van der Waals surface area contributed by atoms with Gasteiger partial charge in [0.05, 0.1) is 0 Å². The Morgan fingerprint density at radius 2 is 2.07 bits per heavy atom. The van der Waals surface area contributed by atoms with E-state index in [-0.39, 0.29) is 10.4 Å². The second-order valence-electron chi connectivity index (χ2n) is 3.32. The predicted molar refractivity (Wildman–Crippen MR) is 59.2 cm³/mol. The molecule has 0 fully saturated rings. The Morgan fingerprint density at radius 3 is 2.47 bits per heavy atom. The van der Waals surface area contributed by atoms with Gasteiger partial charge in [0.15, 0.2) is 0 Å². The quantitative estimate of drug-likeness (QED) is 0.806. The van der Waals surface area contributed by atoms with E-state index in [4.69, 9.17) is 5.73 Å². The molecule has 1 aromatic rings. The molecule has 1 radical (unpaired) electrons. The molecule has 1 atom stereocenters. The Bertz CT molecular complexity index is 459. The van der Waals surface area contributed by atoms with E-state index in [2.05, 4.69) is 0 Å². The molecule has 0 spiro atoms. The third-order valence-corrected chi connectivity index (χ3v) is 6.38. The average Bonchev–Trinajstić information content (AvgIpc) is 2.05. The van der Waals surface area contributed by atoms with Crippen LogP contribution in [0.3, 0.4) is 0 Å². The van der Waals surface area contributed by atoms with Gasteiger partial charge in [0.2, 0.25) is 0 Å². The van der Waals surface area contributed by atoms with Crippen LogP contribution in [0.5, 0.6) is 0 Å². The standard InChI is InChI=1S/C9H12AsFNO2S/c1-6(12)7-3-4-8(9(11)5-7)10-15(2,13)14/h3-6H,12H2,1-2H3/t6-/m1/s1. The fraction of sp³-hybridized carbons (Fsp3) is 0.333. The summed E-state index contributed by atoms with van der Waals surface area (Å²) in [5.41, 5.74) is 6.25. The van der Waals surface area contributed by atoms with Gasteiger partial charge in [0.25, 0.3) is 0 Å². The van der Waals surface area contributed by atoms with Crippen molar-refractivity contribution in [3.63, 3.8) is 0 Å². The van der Waals surface area contributed by atoms with E-state index in [0.29, 0.717) is 5.56 Å². The first-order valence-corrected chi connectivity index (χ1v) is 9.36. The Morgan fingerprint density at radius 1 is 1.47 bits per heavy atom. The molecule has 0 aliphatic heterocycles. The second kappa shape index (κ2) is 4.64. The van der Waals surface area contributed by atoms with Crippen LogP contribution in [0.4, 0.5) is 4.39 Å². The van der Waals surface area contributed by atoms with E-state index >= 15 is 0 Å². The molecule has 0 amide bonds. The van der Waals surface area contributed by atoms with Gasteiger partial charge in [0, 0.05) is 0 Å². The van der Waals surface area contributed by atoms with Crippen LogP contribution in [0.15, 0.2) is 18.2 Å². The predicted octanol–water partition coefficient (Wildman–Crippen LogP) is 0.134. The van der Waals surface area contributed by atoms with Gasteiger partial charge in [-0.2, -0.15) is 0 Å². The monoisotopic (exact) mass is 292 g/mol. The van der Waals surface area contributed by atoms with Crippen LogP contribution < -0.4 is 10.1 Å². The van der Waals surface area contributed by atoms with Crippen molar-refractivity contribution in [2.24, 2.45) is 5.73 Å². The molecule has 0 aliphatic carbocycles. The summed E-state index contributed by atoms with van der Waals surface area (Å²) in [5, 5.41) is 0. The zero-order valence-electron chi connectivity index (χ0n) is 8.44. The van der Waals surface area contributed by atoms with E-state index in [1.54, 1.807) is 13.0 Å². The molecular weight excluding hydrogens is 280 g/mol. The first-order chi connectivity index (χ1) is 6.79. The molecule has 0 saturated carbocycles. The van der Waals surface area contributed by atoms with Crippen molar-refractivity contribution >= 4 is 27.0 Å². The van der Waals surface area contributed by atoms with Crippen LogP contribution >= 0.6 is 0 Å². The summed E-state index contributed by atoms with van der Waals surface area (Å²) < 4.78 is 35.8. The summed E-state index contributed by atoms with van der Waals surface area (Å²) in [6, 6.07) is 4.24. The maximum absolute atomic E-state index is 13.4. The van der Waals surface area contributed by atoms with Crippen LogP contribution in [0, 0.1) is 5.82 Å². The molecule has 3 nitrogen and oxygen atoms in total. The van der Waals surface area contributed by atoms with Gasteiger partial charge < -0.3 is 0 Å². The maximum atomic E-state index is 13.4. The van der Waals surface area contributed by atoms with Crippen LogP contribution in [0.2, 0.25) is 0 Å². The number of hydrogen-bond acceptors (Lipinski definition) is 3. The number of benzene rings is 1. The van der Waals surface area contributed by atoms with Crippen LogP contribution in [-0.4, -0.2) is 29.3 Å². The molecule has 6 heteroatoms. The molecule has 0 aromatic heterocycles. The van der Waals surface area contributed by atoms with Crippen molar-refractivity contribution in [1.29, 1.82) is 0 Å². The molecule has 83 valence electrons. The van der Waals surface area contributed by atoms with Crippen molar-refractivity contribution in [2.75, 3.05) is 6.26 Å². The first-order valence-electron chi connectivity index (χ1n) is 4.27. The fourth-order valence-corrected chi connectivity index (χ4v) is 5.04. The Balaban J connectivity index is 3.04. The zero-order chi connectivity index (χ0) is 11.6. The molecule has 0 saturated heterocycles. The molecule has 0 aliphatic rings. The van der Waals surface area contributed by atoms with Gasteiger partial charge in [-0.25, -0.2) is 0 Å². The fourth-order valence-electron chi connectivity index (χ4n) is 1.06. The summed E-state index contributed by atoms with van der Waals surface area (Å²) in [7, 11) is -3.11. The summed E-state index contributed by atoms with van der Waals surface area (Å²) in [6.45, 7) is 1.75. The second-order valence-corrected chi connectivity index (χ2v) is 11.3. The Labute approximate surface area is 94.5 Å². The molecule has 0 heterocycles. The van der Waals surface area contributed by atoms with Crippen molar-refractivity contribution in [3.05, 3.63) is 29.6 Å². The Hall–Kier alpha value is -0.382. The Kier molecular flexibility index (Phi) is 3.92. The first kappa shape index (κ1) is 12.7. The number of hydrogen-bond donors (Lipinski definition) is 1. The average molecular weight is 292 g/mol. The summed E-state index contributed by atoms with van der Waals surface area (Å²) >= 11 is -1.16. The SMILES string of the molecule is C[C@@H](N)c1ccc([As]S(C)(=O)=O)c(F)c1. The minimum absolute atomic E-state index is 0.247. The van der Waals surface area contributed by atoms with Gasteiger partial charge in [-0.3, -0.25) is 0 Å². The van der Waals surface area contributed by atoms with Crippen molar-refractivity contribution in [1.82, 2.24) is 0 Å². The molecule has 0 bridgehead atoms. The van der Waals surface area contributed by atoms with Gasteiger partial charge >= 0.3 is 94.4 Å². The van der Waals surface area contributed by atoms with Crippen LogP contribution in [0.25, 0.3) is 0 Å². The zero-order valence-corrected chi connectivity index (χ0v) is 11.1. The number of halogens is 1. The normalized spacial score (nSPS) is 14.7. The van der Waals surface area contributed by atoms with E-state index in [0.717, 1.165) is 6.26 Å². The molecular formula is C9H12AsFNO2S. The van der Waals surface area contributed by atoms with Gasteiger partial charge in [-0.05, 0) is 0 Å². The van der Waals surface area contributed by atoms with Crippen molar-refractivity contribution in [2.45, 2.75) is 13.0 Å². The van der Waals surface area contributed by atoms with Crippen LogP contribution in [-0.2, 0) is 8.10 Å². The molecule has 1 aromatic carbocycles. The van der Waals surface area contributed by atoms with Gasteiger partial charge in [-0.15, -0.1) is 0 Å². The third kappa shape index (κ3) is 3.93. The van der Waals surface area contributed by atoms with Crippen LogP contribution in [0.1, 0.15) is 18.5 Å². The van der Waals surface area contributed by atoms with Gasteiger partial charge in [0.1, 0.15) is 0 Å². The van der Waals surface area contributed by atoms with E-state index in [1.165, 1.54) is 12.1 Å². The molecule has 2 N–H and O–H groups in total. The minimum atomic E-state index is -3.11. The summed E-state index contributed by atoms with van der Waals surface area (Å²) in [5.74, 6) is -0.477. The van der Waals surface area contributed by atoms with E-state index in [1.807, 2.05) is 0 Å². The number of nitrogens with two attached hydrogens (primary N) is 1. The van der Waals surface area contributed by atoms with Crippen molar-refractivity contribution < 1.29 is 12.8 Å². The topological polar surface area (TPSA) is 60.2 Å². The third-order valence-electron chi connectivity index (χ3n) is 1.76. The number of rotatable bonds is 3. The summed E-state index contributed by atoms with van der Waals surface area (Å²) in [6.07, 6.45) is 1.12. The van der Waals surface area contributed by atoms with Crippen molar-refractivity contribution in [3.8, 4) is 0 Å². The summed E-state index contributed by atoms with van der Waals surface area (Å²) in [4.78, 5) is 0. The molecule has 15 heavy (non-hydrogen) atoms. The van der Waals surface area contributed by atoms with Gasteiger partial charge in [-0.1, -0.05) is 0 Å². The van der Waals surface area contributed by atoms with E-state index < -0.39 is 28.5 Å². The molecule has 1 rings (SSSR count).